The average molecular weight is 347 g/mol. The van der Waals surface area contributed by atoms with Crippen LogP contribution in [0.3, 0.4) is 0 Å². The standard InChI is InChI=1S/C16H17N3O2S2/c1-11-3-5-13(6-4-11)16-18-15(21-19-16)9-23(20)8-7-14-12(2)17-10-22-14/h3-6,10H,7-9H2,1-2H3/t23-/m1/s1. The van der Waals surface area contributed by atoms with Crippen LogP contribution in [0.15, 0.2) is 34.3 Å². The van der Waals surface area contributed by atoms with Gasteiger partial charge in [-0.15, -0.1) is 11.3 Å². The minimum absolute atomic E-state index is 0.288. The van der Waals surface area contributed by atoms with Gasteiger partial charge in [0, 0.05) is 27.0 Å². The molecule has 0 aliphatic heterocycles. The molecular weight excluding hydrogens is 330 g/mol. The summed E-state index contributed by atoms with van der Waals surface area (Å²) in [5.41, 5.74) is 4.92. The molecule has 5 nitrogen and oxygen atoms in total. The highest BCUT2D eigenvalue weighted by Gasteiger charge is 2.12. The average Bonchev–Trinajstić information content (AvgIpc) is 3.15. The number of aromatic nitrogens is 3. The summed E-state index contributed by atoms with van der Waals surface area (Å²) in [6, 6.07) is 7.91. The lowest BCUT2D eigenvalue weighted by Gasteiger charge is -1.98. The second-order valence-corrected chi connectivity index (χ2v) is 7.79. The molecule has 1 aromatic carbocycles. The van der Waals surface area contributed by atoms with Crippen molar-refractivity contribution in [3.63, 3.8) is 0 Å². The van der Waals surface area contributed by atoms with E-state index in [2.05, 4.69) is 15.1 Å². The molecule has 0 aliphatic rings. The monoisotopic (exact) mass is 347 g/mol. The number of hydrogen-bond donors (Lipinski definition) is 0. The van der Waals surface area contributed by atoms with Gasteiger partial charge in [-0.05, 0) is 20.3 Å². The number of aryl methyl sites for hydroxylation is 3. The van der Waals surface area contributed by atoms with Crippen LogP contribution in [-0.4, -0.2) is 25.1 Å². The van der Waals surface area contributed by atoms with Crippen LogP contribution in [0.25, 0.3) is 11.4 Å². The predicted octanol–water partition coefficient (Wildman–Crippen LogP) is 3.30. The molecule has 0 unspecified atom stereocenters. The molecule has 0 N–H and O–H groups in total. The number of benzene rings is 1. The Morgan fingerprint density at radius 2 is 2.00 bits per heavy atom. The Labute approximate surface area is 141 Å². The van der Waals surface area contributed by atoms with Gasteiger partial charge in [0.2, 0.25) is 11.7 Å². The van der Waals surface area contributed by atoms with Crippen molar-refractivity contribution < 1.29 is 8.73 Å². The van der Waals surface area contributed by atoms with Crippen molar-refractivity contribution in [2.24, 2.45) is 0 Å². The molecule has 0 radical (unpaired) electrons. The highest BCUT2D eigenvalue weighted by molar-refractivity contribution is 7.84. The van der Waals surface area contributed by atoms with Gasteiger partial charge in [0.1, 0.15) is 5.75 Å². The van der Waals surface area contributed by atoms with E-state index in [1.54, 1.807) is 11.3 Å². The van der Waals surface area contributed by atoms with Gasteiger partial charge in [0.25, 0.3) is 0 Å². The molecule has 0 bridgehead atoms. The van der Waals surface area contributed by atoms with Crippen molar-refractivity contribution in [1.29, 1.82) is 0 Å². The van der Waals surface area contributed by atoms with E-state index in [0.29, 0.717) is 17.5 Å². The topological polar surface area (TPSA) is 68.9 Å². The summed E-state index contributed by atoms with van der Waals surface area (Å²) in [7, 11) is -1.03. The van der Waals surface area contributed by atoms with Crippen molar-refractivity contribution in [2.75, 3.05) is 5.75 Å². The molecule has 0 aliphatic carbocycles. The summed E-state index contributed by atoms with van der Waals surface area (Å²) in [5, 5.41) is 3.96. The maximum atomic E-state index is 12.2. The molecule has 0 saturated carbocycles. The minimum atomic E-state index is -1.03. The Morgan fingerprint density at radius 1 is 1.22 bits per heavy atom. The van der Waals surface area contributed by atoms with Gasteiger partial charge in [-0.25, -0.2) is 4.98 Å². The molecule has 7 heteroatoms. The van der Waals surface area contributed by atoms with E-state index in [1.807, 2.05) is 43.6 Å². The van der Waals surface area contributed by atoms with E-state index in [9.17, 15) is 4.21 Å². The van der Waals surface area contributed by atoms with Crippen molar-refractivity contribution in [2.45, 2.75) is 26.0 Å². The largest absolute Gasteiger partial charge is 0.338 e. The van der Waals surface area contributed by atoms with E-state index < -0.39 is 10.8 Å². The minimum Gasteiger partial charge on any atom is -0.338 e. The lowest BCUT2D eigenvalue weighted by atomic mass is 10.1. The molecule has 2 aromatic heterocycles. The van der Waals surface area contributed by atoms with E-state index >= 15 is 0 Å². The fourth-order valence-corrected chi connectivity index (χ4v) is 4.00. The molecule has 0 amide bonds. The van der Waals surface area contributed by atoms with E-state index in [-0.39, 0.29) is 5.75 Å². The Bertz CT molecular complexity index is 809. The highest BCUT2D eigenvalue weighted by atomic mass is 32.2. The number of thiazole rings is 1. The second kappa shape index (κ2) is 7.14. The number of rotatable bonds is 6. The van der Waals surface area contributed by atoms with Crippen molar-refractivity contribution in [1.82, 2.24) is 15.1 Å². The maximum Gasteiger partial charge on any atom is 0.239 e. The smallest absolute Gasteiger partial charge is 0.239 e. The summed E-state index contributed by atoms with van der Waals surface area (Å²) < 4.78 is 17.4. The van der Waals surface area contributed by atoms with Crippen molar-refractivity contribution >= 4 is 22.1 Å². The highest BCUT2D eigenvalue weighted by Crippen LogP contribution is 2.17. The third-order valence-corrected chi connectivity index (χ3v) is 5.69. The summed E-state index contributed by atoms with van der Waals surface area (Å²) >= 11 is 1.60. The van der Waals surface area contributed by atoms with Crippen LogP contribution in [0.4, 0.5) is 0 Å². The summed E-state index contributed by atoms with van der Waals surface area (Å²) in [4.78, 5) is 9.72. The molecule has 1 atom stereocenters. The van der Waals surface area contributed by atoms with Crippen LogP contribution in [-0.2, 0) is 23.0 Å². The Morgan fingerprint density at radius 3 is 2.70 bits per heavy atom. The molecule has 0 saturated heterocycles. The molecule has 2 heterocycles. The van der Waals surface area contributed by atoms with Crippen LogP contribution < -0.4 is 0 Å². The number of hydrogen-bond acceptors (Lipinski definition) is 6. The molecule has 120 valence electrons. The second-order valence-electron chi connectivity index (χ2n) is 5.28. The van der Waals surface area contributed by atoms with Gasteiger partial charge in [-0.3, -0.25) is 4.21 Å². The first-order valence-electron chi connectivity index (χ1n) is 7.25. The summed E-state index contributed by atoms with van der Waals surface area (Å²) in [6.45, 7) is 4.00. The fraction of sp³-hybridized carbons (Fsp3) is 0.312. The molecule has 3 aromatic rings. The summed E-state index contributed by atoms with van der Waals surface area (Å²) in [6.07, 6.45) is 0.766. The zero-order valence-corrected chi connectivity index (χ0v) is 14.6. The number of nitrogens with zero attached hydrogens (tertiary/aromatic N) is 3. The Kier molecular flexibility index (Phi) is 4.97. The molecule has 3 rings (SSSR count). The SMILES string of the molecule is Cc1ccc(-c2noc(C[S@](=O)CCc3scnc3C)n2)cc1. The van der Waals surface area contributed by atoms with Crippen LogP contribution in [0.2, 0.25) is 0 Å². The van der Waals surface area contributed by atoms with Crippen molar-refractivity contribution in [3.8, 4) is 11.4 Å². The van der Waals surface area contributed by atoms with Gasteiger partial charge in [-0.1, -0.05) is 35.0 Å². The third-order valence-electron chi connectivity index (χ3n) is 3.46. The molecule has 23 heavy (non-hydrogen) atoms. The third kappa shape index (κ3) is 4.11. The van der Waals surface area contributed by atoms with Crippen LogP contribution in [0, 0.1) is 13.8 Å². The first kappa shape index (κ1) is 16.0. The van der Waals surface area contributed by atoms with Crippen molar-refractivity contribution in [3.05, 3.63) is 51.8 Å². The van der Waals surface area contributed by atoms with E-state index in [0.717, 1.165) is 17.7 Å². The molecule has 0 fully saturated rings. The van der Waals surface area contributed by atoms with Gasteiger partial charge in [0.15, 0.2) is 0 Å². The van der Waals surface area contributed by atoms with Crippen LogP contribution in [0.1, 0.15) is 22.0 Å². The lowest BCUT2D eigenvalue weighted by molar-refractivity contribution is 0.390. The van der Waals surface area contributed by atoms with E-state index in [4.69, 9.17) is 4.52 Å². The molecular formula is C16H17N3O2S2. The van der Waals surface area contributed by atoms with Gasteiger partial charge >= 0.3 is 0 Å². The fourth-order valence-electron chi connectivity index (χ4n) is 2.12. The van der Waals surface area contributed by atoms with Gasteiger partial charge in [-0.2, -0.15) is 4.98 Å². The van der Waals surface area contributed by atoms with Crippen LogP contribution >= 0.6 is 11.3 Å². The first-order chi connectivity index (χ1) is 11.1. The Hall–Kier alpha value is -1.86. The zero-order valence-electron chi connectivity index (χ0n) is 13.0. The predicted molar refractivity (Wildman–Crippen MR) is 91.7 cm³/mol. The van der Waals surface area contributed by atoms with E-state index in [1.165, 1.54) is 10.4 Å². The maximum absolute atomic E-state index is 12.2. The zero-order chi connectivity index (χ0) is 16.2. The first-order valence-corrected chi connectivity index (χ1v) is 9.62. The van der Waals surface area contributed by atoms with Gasteiger partial charge < -0.3 is 4.52 Å². The summed E-state index contributed by atoms with van der Waals surface area (Å²) in [5.74, 6) is 1.82. The van der Waals surface area contributed by atoms with Gasteiger partial charge in [0.05, 0.1) is 11.2 Å². The normalized spacial score (nSPS) is 12.4. The quantitative estimate of drug-likeness (QED) is 0.684. The molecule has 0 spiro atoms. The Balaban J connectivity index is 1.59. The van der Waals surface area contributed by atoms with Crippen LogP contribution in [0.5, 0.6) is 0 Å². The lowest BCUT2D eigenvalue weighted by Crippen LogP contribution is -2.04.